The van der Waals surface area contributed by atoms with E-state index < -0.39 is 10.8 Å². The van der Waals surface area contributed by atoms with Crippen LogP contribution in [-0.4, -0.2) is 22.3 Å². The van der Waals surface area contributed by atoms with Gasteiger partial charge in [0.1, 0.15) is 5.75 Å². The van der Waals surface area contributed by atoms with Crippen molar-refractivity contribution in [2.45, 2.75) is 32.7 Å². The second-order valence-corrected chi connectivity index (χ2v) is 5.95. The van der Waals surface area contributed by atoms with E-state index >= 15 is 0 Å². The molecule has 1 aromatic carbocycles. The molecule has 0 aliphatic rings. The molecule has 0 fully saturated rings. The van der Waals surface area contributed by atoms with E-state index in [9.17, 15) is 4.21 Å². The van der Waals surface area contributed by atoms with Gasteiger partial charge in [0.15, 0.2) is 0 Å². The van der Waals surface area contributed by atoms with Gasteiger partial charge < -0.3 is 10.5 Å². The molecule has 1 rings (SSSR count). The number of unbranched alkanes of at least 4 members (excludes halogenated alkanes) is 1. The Hall–Kier alpha value is -0.870. The van der Waals surface area contributed by atoms with E-state index in [1.807, 2.05) is 24.3 Å². The van der Waals surface area contributed by atoms with Gasteiger partial charge in [0.2, 0.25) is 0 Å². The minimum atomic E-state index is -0.684. The number of benzene rings is 1. The van der Waals surface area contributed by atoms with Crippen LogP contribution in [0, 0.1) is 0 Å². The van der Waals surface area contributed by atoms with Crippen LogP contribution in [0.2, 0.25) is 0 Å². The lowest BCUT2D eigenvalue weighted by atomic mass is 10.2. The number of hydrogen-bond donors (Lipinski definition) is 1. The molecule has 2 N–H and O–H groups in total. The van der Waals surface area contributed by atoms with Gasteiger partial charge in [0, 0.05) is 28.9 Å². The first kappa shape index (κ1) is 15.2. The third-order valence-corrected chi connectivity index (χ3v) is 4.13. The van der Waals surface area contributed by atoms with Crippen molar-refractivity contribution in [2.24, 2.45) is 5.73 Å². The average molecular weight is 269 g/mol. The summed E-state index contributed by atoms with van der Waals surface area (Å²) in [5, 5.41) is 0. The van der Waals surface area contributed by atoms with E-state index in [0.717, 1.165) is 42.1 Å². The predicted molar refractivity (Wildman–Crippen MR) is 77.2 cm³/mol. The zero-order valence-corrected chi connectivity index (χ0v) is 11.9. The molecule has 3 nitrogen and oxygen atoms in total. The maximum atomic E-state index is 11.6. The van der Waals surface area contributed by atoms with Gasteiger partial charge in [-0.2, -0.15) is 0 Å². The van der Waals surface area contributed by atoms with Crippen LogP contribution in [0.15, 0.2) is 24.3 Å². The average Bonchev–Trinajstić information content (AvgIpc) is 2.41. The molecule has 0 heterocycles. The fraction of sp³-hybridized carbons (Fsp3) is 0.571. The fourth-order valence-electron chi connectivity index (χ4n) is 1.58. The van der Waals surface area contributed by atoms with Crippen LogP contribution in [0.1, 0.15) is 31.7 Å². The molecule has 0 radical (unpaired) electrons. The van der Waals surface area contributed by atoms with Crippen LogP contribution in [-0.2, 0) is 17.3 Å². The topological polar surface area (TPSA) is 52.3 Å². The molecule has 1 atom stereocenters. The standard InChI is InChI=1S/C14H23NO2S/c1-2-3-9-18(16)10-5-8-17-14-7-4-6-13(11-14)12-15/h4,6-7,11H,2-3,5,8-10,12,15H2,1H3. The van der Waals surface area contributed by atoms with E-state index in [1.165, 1.54) is 0 Å². The Morgan fingerprint density at radius 1 is 1.28 bits per heavy atom. The van der Waals surface area contributed by atoms with Gasteiger partial charge in [0.05, 0.1) is 6.61 Å². The van der Waals surface area contributed by atoms with E-state index in [4.69, 9.17) is 10.5 Å². The molecular weight excluding hydrogens is 246 g/mol. The Labute approximate surface area is 112 Å². The third kappa shape index (κ3) is 6.17. The smallest absolute Gasteiger partial charge is 0.119 e. The molecule has 0 aliphatic heterocycles. The monoisotopic (exact) mass is 269 g/mol. The highest BCUT2D eigenvalue weighted by Crippen LogP contribution is 2.13. The summed E-state index contributed by atoms with van der Waals surface area (Å²) in [4.78, 5) is 0. The lowest BCUT2D eigenvalue weighted by Gasteiger charge is -2.07. The van der Waals surface area contributed by atoms with Crippen LogP contribution in [0.25, 0.3) is 0 Å². The van der Waals surface area contributed by atoms with Crippen LogP contribution < -0.4 is 10.5 Å². The highest BCUT2D eigenvalue weighted by Gasteiger charge is 2.00. The van der Waals surface area contributed by atoms with Crippen LogP contribution in [0.4, 0.5) is 0 Å². The summed E-state index contributed by atoms with van der Waals surface area (Å²) < 4.78 is 17.2. The number of ether oxygens (including phenoxy) is 1. The van der Waals surface area contributed by atoms with E-state index in [-0.39, 0.29) is 0 Å². The first-order chi connectivity index (χ1) is 8.76. The van der Waals surface area contributed by atoms with Crippen LogP contribution >= 0.6 is 0 Å². The summed E-state index contributed by atoms with van der Waals surface area (Å²) in [6, 6.07) is 7.80. The highest BCUT2D eigenvalue weighted by molar-refractivity contribution is 7.84. The lowest BCUT2D eigenvalue weighted by molar-refractivity contribution is 0.318. The maximum Gasteiger partial charge on any atom is 0.119 e. The van der Waals surface area contributed by atoms with Gasteiger partial charge >= 0.3 is 0 Å². The molecule has 1 unspecified atom stereocenters. The Bertz CT molecular complexity index is 369. The molecule has 0 aliphatic carbocycles. The van der Waals surface area contributed by atoms with Crippen molar-refractivity contribution in [3.8, 4) is 5.75 Å². The Balaban J connectivity index is 2.19. The second kappa shape index (κ2) is 9.11. The Kier molecular flexibility index (Phi) is 7.69. The molecule has 4 heteroatoms. The summed E-state index contributed by atoms with van der Waals surface area (Å²) in [6.45, 7) is 3.26. The fourth-order valence-corrected chi connectivity index (χ4v) is 2.83. The Morgan fingerprint density at radius 3 is 2.78 bits per heavy atom. The van der Waals surface area contributed by atoms with Gasteiger partial charge in [0.25, 0.3) is 0 Å². The van der Waals surface area contributed by atoms with E-state index in [0.29, 0.717) is 13.2 Å². The first-order valence-corrected chi connectivity index (χ1v) is 8.02. The van der Waals surface area contributed by atoms with Gasteiger partial charge in [-0.25, -0.2) is 0 Å². The summed E-state index contributed by atoms with van der Waals surface area (Å²) in [7, 11) is -0.684. The Morgan fingerprint density at radius 2 is 2.06 bits per heavy atom. The van der Waals surface area contributed by atoms with Crippen molar-refractivity contribution in [2.75, 3.05) is 18.1 Å². The molecular formula is C14H23NO2S. The zero-order chi connectivity index (χ0) is 13.2. The summed E-state index contributed by atoms with van der Waals surface area (Å²) >= 11 is 0. The molecule has 0 amide bonds. The van der Waals surface area contributed by atoms with Gasteiger partial charge in [-0.1, -0.05) is 25.5 Å². The largest absolute Gasteiger partial charge is 0.494 e. The van der Waals surface area contributed by atoms with Gasteiger partial charge in [-0.05, 0) is 30.5 Å². The third-order valence-electron chi connectivity index (χ3n) is 2.64. The normalized spacial score (nSPS) is 12.3. The number of rotatable bonds is 9. The highest BCUT2D eigenvalue weighted by atomic mass is 32.2. The minimum Gasteiger partial charge on any atom is -0.494 e. The van der Waals surface area contributed by atoms with Crippen molar-refractivity contribution in [1.29, 1.82) is 0 Å². The molecule has 1 aromatic rings. The molecule has 0 spiro atoms. The second-order valence-electron chi connectivity index (χ2n) is 4.26. The molecule has 0 bridgehead atoms. The first-order valence-electron chi connectivity index (χ1n) is 6.53. The number of hydrogen-bond acceptors (Lipinski definition) is 3. The quantitative estimate of drug-likeness (QED) is 0.701. The summed E-state index contributed by atoms with van der Waals surface area (Å²) in [6.07, 6.45) is 2.99. The molecule has 18 heavy (non-hydrogen) atoms. The minimum absolute atomic E-state index is 0.526. The molecule has 0 saturated heterocycles. The van der Waals surface area contributed by atoms with Crippen molar-refractivity contribution in [3.63, 3.8) is 0 Å². The summed E-state index contributed by atoms with van der Waals surface area (Å²) in [5.74, 6) is 2.40. The van der Waals surface area contributed by atoms with Crippen LogP contribution in [0.3, 0.4) is 0 Å². The SMILES string of the molecule is CCCCS(=O)CCCOc1cccc(CN)c1. The van der Waals surface area contributed by atoms with Crippen molar-refractivity contribution in [1.82, 2.24) is 0 Å². The number of nitrogens with two attached hydrogens (primary N) is 1. The molecule has 0 aromatic heterocycles. The van der Waals surface area contributed by atoms with Crippen molar-refractivity contribution >= 4 is 10.8 Å². The predicted octanol–water partition coefficient (Wildman–Crippen LogP) is 2.46. The lowest BCUT2D eigenvalue weighted by Crippen LogP contribution is -2.07. The van der Waals surface area contributed by atoms with Gasteiger partial charge in [-0.3, -0.25) is 4.21 Å². The van der Waals surface area contributed by atoms with Crippen molar-refractivity contribution < 1.29 is 8.95 Å². The van der Waals surface area contributed by atoms with Gasteiger partial charge in [-0.15, -0.1) is 0 Å². The van der Waals surface area contributed by atoms with Crippen LogP contribution in [0.5, 0.6) is 5.75 Å². The maximum absolute atomic E-state index is 11.6. The van der Waals surface area contributed by atoms with E-state index in [2.05, 4.69) is 6.92 Å². The van der Waals surface area contributed by atoms with E-state index in [1.54, 1.807) is 0 Å². The van der Waals surface area contributed by atoms with Crippen molar-refractivity contribution in [3.05, 3.63) is 29.8 Å². The summed E-state index contributed by atoms with van der Waals surface area (Å²) in [5.41, 5.74) is 6.63. The zero-order valence-electron chi connectivity index (χ0n) is 11.1. The molecule has 102 valence electrons. The molecule has 0 saturated carbocycles.